The quantitative estimate of drug-likeness (QED) is 0.436. The average molecular weight is 469 g/mol. The van der Waals surface area contributed by atoms with Crippen molar-refractivity contribution in [3.63, 3.8) is 0 Å². The van der Waals surface area contributed by atoms with Crippen LogP contribution in [-0.2, 0) is 23.8 Å². The summed E-state index contributed by atoms with van der Waals surface area (Å²) in [5.41, 5.74) is -4.38. The van der Waals surface area contributed by atoms with Crippen LogP contribution in [0.5, 0.6) is 0 Å². The molecule has 9 nitrogen and oxygen atoms in total. The van der Waals surface area contributed by atoms with Crippen LogP contribution in [0, 0.1) is 34.0 Å². The molecule has 2 spiro atoms. The van der Waals surface area contributed by atoms with Gasteiger partial charge in [0.15, 0.2) is 6.10 Å². The van der Waals surface area contributed by atoms with E-state index in [2.05, 4.69) is 13.8 Å². The first-order valence-electron chi connectivity index (χ1n) is 12.0. The molecule has 6 fully saturated rings. The molecule has 0 radical (unpaired) electrons. The van der Waals surface area contributed by atoms with Crippen LogP contribution >= 0.6 is 0 Å². The van der Waals surface area contributed by atoms with Crippen molar-refractivity contribution in [3.05, 3.63) is 0 Å². The lowest BCUT2D eigenvalue weighted by Gasteiger charge is -2.75. The second-order valence-electron chi connectivity index (χ2n) is 11.9. The molecule has 2 heterocycles. The molecule has 0 amide bonds. The third-order valence-electron chi connectivity index (χ3n) is 10.1. The number of hydrogen-bond donors (Lipinski definition) is 4. The molecule has 186 valence electrons. The minimum Gasteiger partial charge on any atom is -0.463 e. The monoisotopic (exact) mass is 468 g/mol. The molecular weight excluding hydrogens is 432 g/mol. The number of carbonyl (C=O) groups is 2. The first-order valence-corrected chi connectivity index (χ1v) is 12.0. The van der Waals surface area contributed by atoms with Crippen LogP contribution in [0.4, 0.5) is 0 Å². The standard InChI is InChI=1S/C24H36O9/c1-12(25)31-11-23(29)14-5-6-15-21-10-32-24(30,22(15,9-14)19(23)28)18(33-13(2)26)17(21)20(3,4)8-7-16(21)27/h14-19,27-30H,5-11H2,1-4H3/t14-,15+,16-,17-,18+,19+,21?,22+,23-,24-/m1/s1. The van der Waals surface area contributed by atoms with E-state index in [1.54, 1.807) is 0 Å². The lowest BCUT2D eigenvalue weighted by Crippen LogP contribution is -2.84. The first kappa shape index (κ1) is 23.5. The lowest BCUT2D eigenvalue weighted by molar-refractivity contribution is -0.468. The molecule has 6 aliphatic rings. The Balaban J connectivity index is 1.70. The smallest absolute Gasteiger partial charge is 0.303 e. The number of rotatable bonds is 3. The number of fused-ring (bicyclic) bond motifs is 2. The summed E-state index contributed by atoms with van der Waals surface area (Å²) in [6.45, 7) is 6.31. The molecule has 4 saturated carbocycles. The summed E-state index contributed by atoms with van der Waals surface area (Å²) < 4.78 is 17.0. The largest absolute Gasteiger partial charge is 0.463 e. The number of carbonyl (C=O) groups excluding carboxylic acids is 2. The first-order chi connectivity index (χ1) is 15.3. The number of esters is 2. The van der Waals surface area contributed by atoms with E-state index in [-0.39, 0.29) is 24.4 Å². The Labute approximate surface area is 193 Å². The topological polar surface area (TPSA) is 143 Å². The van der Waals surface area contributed by atoms with Gasteiger partial charge in [0.05, 0.1) is 24.2 Å². The van der Waals surface area contributed by atoms with E-state index >= 15 is 0 Å². The predicted molar refractivity (Wildman–Crippen MR) is 112 cm³/mol. The Hall–Kier alpha value is -1.26. The summed E-state index contributed by atoms with van der Waals surface area (Å²) in [7, 11) is 0. The molecule has 0 aromatic rings. The van der Waals surface area contributed by atoms with Crippen molar-refractivity contribution in [1.29, 1.82) is 0 Å². The van der Waals surface area contributed by atoms with Gasteiger partial charge in [-0.15, -0.1) is 0 Å². The molecule has 0 aromatic heterocycles. The van der Waals surface area contributed by atoms with Crippen molar-refractivity contribution in [1.82, 2.24) is 0 Å². The Morgan fingerprint density at radius 1 is 1.06 bits per heavy atom. The summed E-state index contributed by atoms with van der Waals surface area (Å²) >= 11 is 0. The third-order valence-corrected chi connectivity index (χ3v) is 10.1. The molecule has 33 heavy (non-hydrogen) atoms. The van der Waals surface area contributed by atoms with Crippen molar-refractivity contribution < 1.29 is 44.2 Å². The van der Waals surface area contributed by atoms with Gasteiger partial charge < -0.3 is 34.6 Å². The van der Waals surface area contributed by atoms with Crippen LogP contribution in [0.2, 0.25) is 0 Å². The zero-order valence-electron chi connectivity index (χ0n) is 19.7. The zero-order chi connectivity index (χ0) is 24.2. The minimum absolute atomic E-state index is 0.0860. The van der Waals surface area contributed by atoms with Gasteiger partial charge in [0.1, 0.15) is 12.2 Å². The van der Waals surface area contributed by atoms with Gasteiger partial charge in [0, 0.05) is 25.2 Å². The summed E-state index contributed by atoms with van der Waals surface area (Å²) in [6.07, 6.45) is -0.839. The Kier molecular flexibility index (Phi) is 4.91. The van der Waals surface area contributed by atoms with E-state index in [1.807, 2.05) is 0 Å². The number of aliphatic hydroxyl groups excluding tert-OH is 2. The van der Waals surface area contributed by atoms with Crippen LogP contribution in [0.15, 0.2) is 0 Å². The van der Waals surface area contributed by atoms with E-state index in [0.29, 0.717) is 25.7 Å². The highest BCUT2D eigenvalue weighted by molar-refractivity contribution is 5.66. The van der Waals surface area contributed by atoms with Crippen LogP contribution in [-0.4, -0.2) is 75.3 Å². The van der Waals surface area contributed by atoms with Crippen molar-refractivity contribution in [2.24, 2.45) is 34.0 Å². The third kappa shape index (κ3) is 2.60. The van der Waals surface area contributed by atoms with Gasteiger partial charge in [0.25, 0.3) is 0 Å². The van der Waals surface area contributed by atoms with Gasteiger partial charge in [-0.3, -0.25) is 9.59 Å². The fourth-order valence-corrected chi connectivity index (χ4v) is 8.99. The Morgan fingerprint density at radius 3 is 2.39 bits per heavy atom. The van der Waals surface area contributed by atoms with Crippen LogP contribution < -0.4 is 0 Å². The molecule has 9 heteroatoms. The van der Waals surface area contributed by atoms with E-state index in [1.165, 1.54) is 13.8 Å². The van der Waals surface area contributed by atoms with Crippen LogP contribution in [0.25, 0.3) is 0 Å². The van der Waals surface area contributed by atoms with Gasteiger partial charge in [-0.05, 0) is 49.4 Å². The molecule has 4 N–H and O–H groups in total. The Morgan fingerprint density at radius 2 is 1.76 bits per heavy atom. The minimum atomic E-state index is -2.05. The number of aliphatic hydroxyl groups is 4. The molecule has 1 unspecified atom stereocenters. The van der Waals surface area contributed by atoms with E-state index < -0.39 is 70.9 Å². The van der Waals surface area contributed by atoms with Gasteiger partial charge in [-0.1, -0.05) is 13.8 Å². The van der Waals surface area contributed by atoms with E-state index in [4.69, 9.17) is 14.2 Å². The van der Waals surface area contributed by atoms with Crippen molar-refractivity contribution in [2.75, 3.05) is 13.2 Å². The second kappa shape index (κ2) is 6.91. The van der Waals surface area contributed by atoms with Gasteiger partial charge in [0.2, 0.25) is 5.79 Å². The molecular formula is C24H36O9. The number of hydrogen-bond acceptors (Lipinski definition) is 9. The maximum Gasteiger partial charge on any atom is 0.303 e. The van der Waals surface area contributed by atoms with E-state index in [0.717, 1.165) is 0 Å². The second-order valence-corrected chi connectivity index (χ2v) is 11.9. The summed E-state index contributed by atoms with van der Waals surface area (Å²) in [4.78, 5) is 23.7. The molecule has 2 saturated heterocycles. The fourth-order valence-electron chi connectivity index (χ4n) is 8.99. The highest BCUT2D eigenvalue weighted by atomic mass is 16.7. The zero-order valence-corrected chi connectivity index (χ0v) is 19.7. The lowest BCUT2D eigenvalue weighted by atomic mass is 9.36. The van der Waals surface area contributed by atoms with Crippen molar-refractivity contribution in [2.45, 2.75) is 89.5 Å². The summed E-state index contributed by atoms with van der Waals surface area (Å²) in [6, 6.07) is 0. The summed E-state index contributed by atoms with van der Waals surface area (Å²) in [5, 5.41) is 47.1. The highest BCUT2D eigenvalue weighted by Gasteiger charge is 2.87. The molecule has 4 aliphatic carbocycles. The van der Waals surface area contributed by atoms with Crippen molar-refractivity contribution in [3.8, 4) is 0 Å². The van der Waals surface area contributed by atoms with Crippen LogP contribution in [0.3, 0.4) is 0 Å². The summed E-state index contributed by atoms with van der Waals surface area (Å²) in [5.74, 6) is -4.42. The number of ether oxygens (including phenoxy) is 3. The van der Waals surface area contributed by atoms with Gasteiger partial charge >= 0.3 is 11.9 Å². The Bertz CT molecular complexity index is 874. The van der Waals surface area contributed by atoms with Crippen molar-refractivity contribution >= 4 is 11.9 Å². The molecule has 4 bridgehead atoms. The predicted octanol–water partition coefficient (Wildman–Crippen LogP) is 0.505. The normalized spacial score (nSPS) is 53.7. The fraction of sp³-hybridized carbons (Fsp3) is 0.917. The van der Waals surface area contributed by atoms with Gasteiger partial charge in [-0.25, -0.2) is 0 Å². The average Bonchev–Trinajstić information content (AvgIpc) is 2.90. The van der Waals surface area contributed by atoms with Gasteiger partial charge in [-0.2, -0.15) is 0 Å². The molecule has 10 atom stereocenters. The van der Waals surface area contributed by atoms with Crippen LogP contribution in [0.1, 0.15) is 59.8 Å². The molecule has 0 aromatic carbocycles. The SMILES string of the molecule is CC(=O)OC[C@@]1(O)[C@@H]2CC[C@H]3C45CO[C@](O)([C@@H](OC(C)=O)[C@@H]4C(C)(C)CC[C@H]5O)[C@]3(C2)[C@@H]1O. The highest BCUT2D eigenvalue weighted by Crippen LogP contribution is 2.78. The maximum absolute atomic E-state index is 12.3. The molecule has 6 rings (SSSR count). The van der Waals surface area contributed by atoms with E-state index in [9.17, 15) is 30.0 Å². The molecule has 2 aliphatic heterocycles. The maximum atomic E-state index is 12.3.